The molecule has 0 bridgehead atoms. The lowest BCUT2D eigenvalue weighted by Crippen LogP contribution is -2.36. The number of hydrogen-bond donors (Lipinski definition) is 2. The average molecular weight is 308 g/mol. The van der Waals surface area contributed by atoms with Crippen LogP contribution in [0.25, 0.3) is 0 Å². The molecule has 120 valence electrons. The zero-order valence-corrected chi connectivity index (χ0v) is 12.0. The van der Waals surface area contributed by atoms with Gasteiger partial charge in [-0.15, -0.1) is 0 Å². The first-order chi connectivity index (χ1) is 9.78. The van der Waals surface area contributed by atoms with Gasteiger partial charge in [-0.3, -0.25) is 0 Å². The number of rotatable bonds is 7. The van der Waals surface area contributed by atoms with E-state index < -0.39 is 25.1 Å². The molecule has 0 fully saturated rings. The molecule has 0 spiro atoms. The van der Waals surface area contributed by atoms with Crippen LogP contribution in [0.15, 0.2) is 18.2 Å². The van der Waals surface area contributed by atoms with Crippen LogP contribution in [0.2, 0.25) is 0 Å². The minimum atomic E-state index is -4.46. The third-order valence-electron chi connectivity index (χ3n) is 3.06. The summed E-state index contributed by atoms with van der Waals surface area (Å²) in [5.41, 5.74) is 0.503. The third-order valence-corrected chi connectivity index (χ3v) is 3.06. The predicted octanol–water partition coefficient (Wildman–Crippen LogP) is 2.86. The van der Waals surface area contributed by atoms with Crippen LogP contribution >= 0.6 is 0 Å². The van der Waals surface area contributed by atoms with E-state index in [9.17, 15) is 17.6 Å². The monoisotopic (exact) mass is 308 g/mol. The van der Waals surface area contributed by atoms with Crippen LogP contribution in [0.1, 0.15) is 25.5 Å². The quantitative estimate of drug-likeness (QED) is 0.760. The average Bonchev–Trinajstić information content (AvgIpc) is 2.37. The van der Waals surface area contributed by atoms with Crippen LogP contribution in [-0.4, -0.2) is 37.5 Å². The van der Waals surface area contributed by atoms with E-state index in [4.69, 9.17) is 5.11 Å². The van der Waals surface area contributed by atoms with Gasteiger partial charge < -0.3 is 15.3 Å². The number of benzene rings is 1. The lowest BCUT2D eigenvalue weighted by Gasteiger charge is -2.26. The largest absolute Gasteiger partial charge is 0.405 e. The SMILES string of the molecule is CCNC(C)c1ccc(N(CCO)CC(F)(F)F)c(F)c1. The van der Waals surface area contributed by atoms with Crippen LogP contribution in [0.3, 0.4) is 0 Å². The number of aliphatic hydroxyl groups excluding tert-OH is 1. The molecule has 1 aromatic carbocycles. The first-order valence-corrected chi connectivity index (χ1v) is 6.74. The van der Waals surface area contributed by atoms with Gasteiger partial charge in [0.1, 0.15) is 12.4 Å². The van der Waals surface area contributed by atoms with E-state index in [1.165, 1.54) is 12.1 Å². The molecule has 0 aromatic heterocycles. The summed E-state index contributed by atoms with van der Waals surface area (Å²) in [4.78, 5) is 0.789. The number of halogens is 4. The molecule has 0 heterocycles. The van der Waals surface area contributed by atoms with Gasteiger partial charge in [-0.25, -0.2) is 4.39 Å². The van der Waals surface area contributed by atoms with Crippen molar-refractivity contribution in [2.45, 2.75) is 26.1 Å². The molecule has 0 radical (unpaired) electrons. The maximum atomic E-state index is 14.1. The zero-order valence-electron chi connectivity index (χ0n) is 12.0. The molecule has 3 nitrogen and oxygen atoms in total. The van der Waals surface area contributed by atoms with Crippen molar-refractivity contribution >= 4 is 5.69 Å². The van der Waals surface area contributed by atoms with Crippen molar-refractivity contribution in [2.24, 2.45) is 0 Å². The summed E-state index contributed by atoms with van der Waals surface area (Å²) in [5.74, 6) is -0.727. The van der Waals surface area contributed by atoms with Crippen molar-refractivity contribution in [3.8, 4) is 0 Å². The van der Waals surface area contributed by atoms with Gasteiger partial charge in [0.05, 0.1) is 12.3 Å². The molecule has 0 aliphatic heterocycles. The smallest absolute Gasteiger partial charge is 0.395 e. The molecule has 2 N–H and O–H groups in total. The molecule has 7 heteroatoms. The Balaban J connectivity index is 2.99. The Morgan fingerprint density at radius 2 is 2.00 bits per heavy atom. The van der Waals surface area contributed by atoms with Crippen molar-refractivity contribution in [3.63, 3.8) is 0 Å². The van der Waals surface area contributed by atoms with Crippen LogP contribution in [0, 0.1) is 5.82 Å². The topological polar surface area (TPSA) is 35.5 Å². The molecular weight excluding hydrogens is 288 g/mol. The van der Waals surface area contributed by atoms with E-state index in [2.05, 4.69) is 5.32 Å². The molecule has 0 saturated heterocycles. The molecule has 0 amide bonds. The Morgan fingerprint density at radius 1 is 1.33 bits per heavy atom. The molecular formula is C14H20F4N2O. The van der Waals surface area contributed by atoms with Gasteiger partial charge in [0.2, 0.25) is 0 Å². The number of nitrogens with zero attached hydrogens (tertiary/aromatic N) is 1. The number of nitrogens with one attached hydrogen (secondary N) is 1. The Bertz CT molecular complexity index is 451. The van der Waals surface area contributed by atoms with Crippen molar-refractivity contribution < 1.29 is 22.7 Å². The van der Waals surface area contributed by atoms with Gasteiger partial charge in [0, 0.05) is 12.6 Å². The summed E-state index contributed by atoms with van der Waals surface area (Å²) >= 11 is 0. The molecule has 0 aliphatic carbocycles. The molecule has 1 unspecified atom stereocenters. The highest BCUT2D eigenvalue weighted by Crippen LogP contribution is 2.26. The van der Waals surface area contributed by atoms with Gasteiger partial charge in [0.15, 0.2) is 0 Å². The molecule has 21 heavy (non-hydrogen) atoms. The molecule has 0 saturated carbocycles. The van der Waals surface area contributed by atoms with Crippen molar-refractivity contribution in [2.75, 3.05) is 31.1 Å². The van der Waals surface area contributed by atoms with E-state index in [0.29, 0.717) is 12.1 Å². The van der Waals surface area contributed by atoms with Gasteiger partial charge in [-0.2, -0.15) is 13.2 Å². The zero-order chi connectivity index (χ0) is 16.0. The van der Waals surface area contributed by atoms with Crippen molar-refractivity contribution in [1.29, 1.82) is 0 Å². The lowest BCUT2D eigenvalue weighted by molar-refractivity contribution is -0.119. The number of alkyl halides is 3. The Morgan fingerprint density at radius 3 is 2.48 bits per heavy atom. The Labute approximate surface area is 121 Å². The fraction of sp³-hybridized carbons (Fsp3) is 0.571. The fourth-order valence-electron chi connectivity index (χ4n) is 2.09. The summed E-state index contributed by atoms with van der Waals surface area (Å²) in [6.07, 6.45) is -4.46. The van der Waals surface area contributed by atoms with E-state index in [-0.39, 0.29) is 18.3 Å². The normalized spacial score (nSPS) is 13.3. The van der Waals surface area contributed by atoms with E-state index in [1.807, 2.05) is 13.8 Å². The second-order valence-electron chi connectivity index (χ2n) is 4.75. The predicted molar refractivity (Wildman–Crippen MR) is 73.8 cm³/mol. The summed E-state index contributed by atoms with van der Waals surface area (Å²) in [6, 6.07) is 4.04. The molecule has 1 aromatic rings. The van der Waals surface area contributed by atoms with Crippen LogP contribution < -0.4 is 10.2 Å². The van der Waals surface area contributed by atoms with E-state index in [1.54, 1.807) is 6.07 Å². The number of anilines is 1. The second-order valence-corrected chi connectivity index (χ2v) is 4.75. The molecule has 1 rings (SSSR count). The van der Waals surface area contributed by atoms with E-state index >= 15 is 0 Å². The van der Waals surface area contributed by atoms with Gasteiger partial charge in [-0.1, -0.05) is 13.0 Å². The second kappa shape index (κ2) is 7.61. The first kappa shape index (κ1) is 17.7. The summed E-state index contributed by atoms with van der Waals surface area (Å²) < 4.78 is 51.6. The number of aliphatic hydroxyl groups is 1. The minimum absolute atomic E-state index is 0.0903. The van der Waals surface area contributed by atoms with Crippen LogP contribution in [0.4, 0.5) is 23.2 Å². The summed E-state index contributed by atoms with van der Waals surface area (Å²) in [6.45, 7) is 2.40. The van der Waals surface area contributed by atoms with Gasteiger partial charge in [-0.05, 0) is 31.2 Å². The highest BCUT2D eigenvalue weighted by Gasteiger charge is 2.31. The summed E-state index contributed by atoms with van der Waals surface area (Å²) in [7, 11) is 0. The van der Waals surface area contributed by atoms with Crippen LogP contribution in [0.5, 0.6) is 0 Å². The Kier molecular flexibility index (Phi) is 6.42. The maximum absolute atomic E-state index is 14.1. The standard InChI is InChI=1S/C14H20F4N2O/c1-3-19-10(2)11-4-5-13(12(15)8-11)20(6-7-21)9-14(16,17)18/h4-5,8,10,19,21H,3,6-7,9H2,1-2H3. The Hall–Kier alpha value is -1.34. The highest BCUT2D eigenvalue weighted by molar-refractivity contribution is 5.49. The first-order valence-electron chi connectivity index (χ1n) is 6.74. The number of hydrogen-bond acceptors (Lipinski definition) is 3. The van der Waals surface area contributed by atoms with Crippen molar-refractivity contribution in [3.05, 3.63) is 29.6 Å². The van der Waals surface area contributed by atoms with Gasteiger partial charge >= 0.3 is 6.18 Å². The summed E-state index contributed by atoms with van der Waals surface area (Å²) in [5, 5.41) is 12.0. The maximum Gasteiger partial charge on any atom is 0.405 e. The fourth-order valence-corrected chi connectivity index (χ4v) is 2.09. The lowest BCUT2D eigenvalue weighted by atomic mass is 10.1. The molecule has 1 atom stereocenters. The third kappa shape index (κ3) is 5.51. The van der Waals surface area contributed by atoms with Gasteiger partial charge in [0.25, 0.3) is 0 Å². The van der Waals surface area contributed by atoms with Crippen LogP contribution in [-0.2, 0) is 0 Å². The van der Waals surface area contributed by atoms with E-state index in [0.717, 1.165) is 4.90 Å². The minimum Gasteiger partial charge on any atom is -0.395 e. The highest BCUT2D eigenvalue weighted by atomic mass is 19.4. The van der Waals surface area contributed by atoms with Crippen molar-refractivity contribution in [1.82, 2.24) is 5.32 Å². The molecule has 0 aliphatic rings.